The van der Waals surface area contributed by atoms with Crippen LogP contribution in [-0.2, 0) is 6.54 Å². The molecule has 0 radical (unpaired) electrons. The smallest absolute Gasteiger partial charge is 0.212 e. The lowest BCUT2D eigenvalue weighted by Crippen LogP contribution is -2.33. The van der Waals surface area contributed by atoms with E-state index in [1.807, 2.05) is 18.2 Å². The number of hydrogen-bond acceptors (Lipinski definition) is 3. The molecule has 1 unspecified atom stereocenters. The molecule has 1 atom stereocenters. The molecule has 0 spiro atoms. The average Bonchev–Trinajstić information content (AvgIpc) is 2.73. The van der Waals surface area contributed by atoms with Crippen LogP contribution in [0.4, 0.5) is 15.8 Å². The van der Waals surface area contributed by atoms with Gasteiger partial charge in [0.05, 0.1) is 12.2 Å². The molecule has 0 N–H and O–H groups in total. The lowest BCUT2D eigenvalue weighted by atomic mass is 9.98. The summed E-state index contributed by atoms with van der Waals surface area (Å²) in [6, 6.07) is 19.9. The van der Waals surface area contributed by atoms with E-state index in [0.717, 1.165) is 35.7 Å². The predicted octanol–water partition coefficient (Wildman–Crippen LogP) is 5.83. The molecular weight excluding hydrogens is 337 g/mol. The first-order chi connectivity index (χ1) is 13.2. The van der Waals surface area contributed by atoms with Crippen molar-refractivity contribution in [3.8, 4) is 0 Å². The molecule has 0 aliphatic carbocycles. The SMILES string of the molecule is CCC(C)c1ccc(N2Cc3ccccc3N=C2c2ccc(F)nc2)cc1. The average molecular weight is 359 g/mol. The maximum Gasteiger partial charge on any atom is 0.212 e. The first-order valence-corrected chi connectivity index (χ1v) is 9.31. The summed E-state index contributed by atoms with van der Waals surface area (Å²) in [7, 11) is 0. The number of aromatic nitrogens is 1. The number of nitrogens with zero attached hydrogens (tertiary/aromatic N) is 3. The summed E-state index contributed by atoms with van der Waals surface area (Å²) in [5, 5.41) is 0. The van der Waals surface area contributed by atoms with E-state index in [1.54, 1.807) is 12.3 Å². The molecule has 4 heteroatoms. The highest BCUT2D eigenvalue weighted by Gasteiger charge is 2.23. The minimum atomic E-state index is -0.486. The van der Waals surface area contributed by atoms with Gasteiger partial charge in [-0.15, -0.1) is 0 Å². The van der Waals surface area contributed by atoms with Crippen LogP contribution in [0.5, 0.6) is 0 Å². The Kier molecular flexibility index (Phi) is 4.71. The van der Waals surface area contributed by atoms with Gasteiger partial charge in [-0.1, -0.05) is 44.2 Å². The summed E-state index contributed by atoms with van der Waals surface area (Å²) >= 11 is 0. The molecule has 1 aliphatic rings. The number of anilines is 1. The fourth-order valence-corrected chi connectivity index (χ4v) is 3.33. The fourth-order valence-electron chi connectivity index (χ4n) is 3.33. The maximum atomic E-state index is 13.3. The molecule has 0 saturated heterocycles. The molecule has 27 heavy (non-hydrogen) atoms. The maximum absolute atomic E-state index is 13.3. The molecule has 2 heterocycles. The van der Waals surface area contributed by atoms with Crippen LogP contribution in [-0.4, -0.2) is 10.8 Å². The largest absolute Gasteiger partial charge is 0.321 e. The van der Waals surface area contributed by atoms with E-state index in [4.69, 9.17) is 4.99 Å². The van der Waals surface area contributed by atoms with E-state index < -0.39 is 5.95 Å². The summed E-state index contributed by atoms with van der Waals surface area (Å²) in [5.74, 6) is 0.841. The van der Waals surface area contributed by atoms with E-state index in [9.17, 15) is 4.39 Å². The van der Waals surface area contributed by atoms with Gasteiger partial charge >= 0.3 is 0 Å². The summed E-state index contributed by atoms with van der Waals surface area (Å²) in [6.07, 6.45) is 2.66. The van der Waals surface area contributed by atoms with Crippen molar-refractivity contribution in [1.29, 1.82) is 0 Å². The van der Waals surface area contributed by atoms with Crippen molar-refractivity contribution in [2.24, 2.45) is 4.99 Å². The van der Waals surface area contributed by atoms with Crippen LogP contribution < -0.4 is 4.90 Å². The zero-order chi connectivity index (χ0) is 18.8. The number of aliphatic imine (C=N–C) groups is 1. The third kappa shape index (κ3) is 3.47. The van der Waals surface area contributed by atoms with Gasteiger partial charge < -0.3 is 4.90 Å². The fraction of sp³-hybridized carbons (Fsp3) is 0.217. The van der Waals surface area contributed by atoms with Gasteiger partial charge in [0.15, 0.2) is 0 Å². The number of halogens is 1. The Morgan fingerprint density at radius 2 is 1.81 bits per heavy atom. The quantitative estimate of drug-likeness (QED) is 0.548. The molecule has 3 nitrogen and oxygen atoms in total. The van der Waals surface area contributed by atoms with Gasteiger partial charge in [0.1, 0.15) is 5.84 Å². The van der Waals surface area contributed by atoms with Crippen molar-refractivity contribution < 1.29 is 4.39 Å². The highest BCUT2D eigenvalue weighted by atomic mass is 19.1. The molecule has 0 bridgehead atoms. The second-order valence-electron chi connectivity index (χ2n) is 6.92. The van der Waals surface area contributed by atoms with Gasteiger partial charge in [0, 0.05) is 17.4 Å². The summed E-state index contributed by atoms with van der Waals surface area (Å²) in [4.78, 5) is 10.8. The van der Waals surface area contributed by atoms with E-state index in [2.05, 4.69) is 54.1 Å². The Labute approximate surface area is 159 Å². The highest BCUT2D eigenvalue weighted by Crippen LogP contribution is 2.32. The van der Waals surface area contributed by atoms with Crippen molar-refractivity contribution in [2.75, 3.05) is 4.90 Å². The van der Waals surface area contributed by atoms with Crippen LogP contribution in [0.1, 0.15) is 42.9 Å². The van der Waals surface area contributed by atoms with Gasteiger partial charge in [-0.05, 0) is 53.8 Å². The van der Waals surface area contributed by atoms with Crippen LogP contribution in [0.25, 0.3) is 0 Å². The number of hydrogen-bond donors (Lipinski definition) is 0. The summed E-state index contributed by atoms with van der Waals surface area (Å²) < 4.78 is 13.3. The molecule has 3 aromatic rings. The lowest BCUT2D eigenvalue weighted by molar-refractivity contribution is 0.583. The monoisotopic (exact) mass is 359 g/mol. The van der Waals surface area contributed by atoms with E-state index >= 15 is 0 Å². The molecule has 4 rings (SSSR count). The Morgan fingerprint density at radius 3 is 2.52 bits per heavy atom. The van der Waals surface area contributed by atoms with Crippen molar-refractivity contribution in [1.82, 2.24) is 4.98 Å². The van der Waals surface area contributed by atoms with Crippen molar-refractivity contribution in [2.45, 2.75) is 32.7 Å². The van der Waals surface area contributed by atoms with Crippen molar-refractivity contribution in [3.63, 3.8) is 0 Å². The van der Waals surface area contributed by atoms with Crippen LogP contribution in [0.15, 0.2) is 71.9 Å². The molecule has 2 aromatic carbocycles. The van der Waals surface area contributed by atoms with E-state index in [-0.39, 0.29) is 0 Å². The minimum absolute atomic E-state index is 0.486. The van der Waals surface area contributed by atoms with Gasteiger partial charge in [-0.2, -0.15) is 4.39 Å². The lowest BCUT2D eigenvalue weighted by Gasteiger charge is -2.31. The van der Waals surface area contributed by atoms with Crippen molar-refractivity contribution >= 4 is 17.2 Å². The van der Waals surface area contributed by atoms with Crippen LogP contribution in [0, 0.1) is 5.95 Å². The zero-order valence-corrected chi connectivity index (χ0v) is 15.6. The number of rotatable bonds is 4. The Morgan fingerprint density at radius 1 is 1.04 bits per heavy atom. The summed E-state index contributed by atoms with van der Waals surface area (Å²) in [5.41, 5.74) is 5.32. The van der Waals surface area contributed by atoms with Crippen LogP contribution in [0.2, 0.25) is 0 Å². The standard InChI is InChI=1S/C23H22FN3/c1-3-16(2)17-8-11-20(12-9-17)27-15-19-6-4-5-7-21(19)26-23(27)18-10-13-22(24)25-14-18/h4-14,16H,3,15H2,1-2H3. The molecule has 136 valence electrons. The van der Waals surface area contributed by atoms with Gasteiger partial charge in [-0.3, -0.25) is 0 Å². The van der Waals surface area contributed by atoms with Crippen LogP contribution >= 0.6 is 0 Å². The Balaban J connectivity index is 1.77. The number of amidine groups is 1. The van der Waals surface area contributed by atoms with Gasteiger partial charge in [0.25, 0.3) is 0 Å². The third-order valence-electron chi connectivity index (χ3n) is 5.17. The van der Waals surface area contributed by atoms with E-state index in [1.165, 1.54) is 17.2 Å². The van der Waals surface area contributed by atoms with Crippen molar-refractivity contribution in [3.05, 3.63) is 89.5 Å². The van der Waals surface area contributed by atoms with Gasteiger partial charge in [-0.25, -0.2) is 9.98 Å². The second-order valence-corrected chi connectivity index (χ2v) is 6.92. The number of para-hydroxylation sites is 1. The van der Waals surface area contributed by atoms with E-state index in [0.29, 0.717) is 5.92 Å². The zero-order valence-electron chi connectivity index (χ0n) is 15.6. The highest BCUT2D eigenvalue weighted by molar-refractivity contribution is 6.11. The second kappa shape index (κ2) is 7.31. The molecule has 0 amide bonds. The molecule has 1 aliphatic heterocycles. The molecule has 0 fully saturated rings. The normalized spacial score (nSPS) is 14.5. The van der Waals surface area contributed by atoms with Gasteiger partial charge in [0.2, 0.25) is 5.95 Å². The number of pyridine rings is 1. The minimum Gasteiger partial charge on any atom is -0.321 e. The Hall–Kier alpha value is -3.01. The topological polar surface area (TPSA) is 28.5 Å². The number of fused-ring (bicyclic) bond motifs is 1. The third-order valence-corrected chi connectivity index (χ3v) is 5.17. The first kappa shape index (κ1) is 17.4. The molecular formula is C23H22FN3. The Bertz CT molecular complexity index is 962. The predicted molar refractivity (Wildman–Crippen MR) is 108 cm³/mol. The molecule has 1 aromatic heterocycles. The van der Waals surface area contributed by atoms with Crippen LogP contribution in [0.3, 0.4) is 0 Å². The molecule has 0 saturated carbocycles. The first-order valence-electron chi connectivity index (χ1n) is 9.31. The number of benzene rings is 2. The summed E-state index contributed by atoms with van der Waals surface area (Å²) in [6.45, 7) is 5.16.